The van der Waals surface area contributed by atoms with Gasteiger partial charge in [-0.2, -0.15) is 5.10 Å². The van der Waals surface area contributed by atoms with E-state index in [1.807, 2.05) is 59.3 Å². The van der Waals surface area contributed by atoms with Gasteiger partial charge >= 0.3 is 0 Å². The third-order valence-corrected chi connectivity index (χ3v) is 7.50. The topological polar surface area (TPSA) is 99.8 Å². The molecule has 1 saturated carbocycles. The van der Waals surface area contributed by atoms with Crippen molar-refractivity contribution in [2.24, 2.45) is 0 Å². The summed E-state index contributed by atoms with van der Waals surface area (Å²) < 4.78 is 7.54. The van der Waals surface area contributed by atoms with Crippen molar-refractivity contribution in [3.8, 4) is 28.5 Å². The largest absolute Gasteiger partial charge is 0.508 e. The fraction of sp³-hybridized carbons (Fsp3) is 0.267. The zero-order valence-corrected chi connectivity index (χ0v) is 21.2. The van der Waals surface area contributed by atoms with Gasteiger partial charge in [0, 0.05) is 36.9 Å². The molecule has 3 N–H and O–H groups in total. The molecule has 0 spiro atoms. The molecule has 0 atom stereocenters. The highest BCUT2D eigenvalue weighted by molar-refractivity contribution is 6.03. The third-order valence-electron chi connectivity index (χ3n) is 7.50. The summed E-state index contributed by atoms with van der Waals surface area (Å²) in [7, 11) is 1.63. The molecule has 1 fully saturated rings. The number of aromatic hydroxyl groups is 2. The first-order chi connectivity index (χ1) is 18.5. The molecule has 8 heteroatoms. The summed E-state index contributed by atoms with van der Waals surface area (Å²) in [5.41, 5.74) is 4.23. The molecular formula is C30H30N4O4. The highest BCUT2D eigenvalue weighted by Crippen LogP contribution is 2.40. The van der Waals surface area contributed by atoms with E-state index in [4.69, 9.17) is 9.84 Å². The van der Waals surface area contributed by atoms with Gasteiger partial charge in [0.25, 0.3) is 5.91 Å². The zero-order valence-electron chi connectivity index (χ0n) is 21.2. The quantitative estimate of drug-likeness (QED) is 0.295. The number of benzene rings is 3. The highest BCUT2D eigenvalue weighted by atomic mass is 16.5. The van der Waals surface area contributed by atoms with Gasteiger partial charge in [-0.25, -0.2) is 4.68 Å². The van der Waals surface area contributed by atoms with Gasteiger partial charge in [0.1, 0.15) is 28.6 Å². The number of fused-ring (bicyclic) bond motifs is 1. The summed E-state index contributed by atoms with van der Waals surface area (Å²) in [5, 5.41) is 29.5. The molecule has 6 rings (SSSR count). The first kappa shape index (κ1) is 23.9. The third kappa shape index (κ3) is 4.32. The number of para-hydroxylation sites is 1. The number of carbonyl (C=O) groups excluding carboxylic acids is 1. The van der Waals surface area contributed by atoms with Crippen LogP contribution in [0.5, 0.6) is 17.2 Å². The van der Waals surface area contributed by atoms with E-state index in [9.17, 15) is 15.0 Å². The molecule has 0 saturated heterocycles. The Hall–Kier alpha value is -4.46. The molecule has 2 aliphatic rings. The molecule has 1 aliphatic heterocycles. The Morgan fingerprint density at radius 1 is 0.974 bits per heavy atom. The van der Waals surface area contributed by atoms with E-state index in [0.29, 0.717) is 24.6 Å². The number of rotatable bonds is 6. The molecule has 38 heavy (non-hydrogen) atoms. The number of carbonyl (C=O) groups is 1. The first-order valence-corrected chi connectivity index (χ1v) is 12.9. The van der Waals surface area contributed by atoms with Crippen LogP contribution in [-0.4, -0.2) is 37.9 Å². The van der Waals surface area contributed by atoms with E-state index < -0.39 is 0 Å². The number of aromatic nitrogens is 2. The molecule has 0 radical (unpaired) electrons. The smallest absolute Gasteiger partial charge is 0.260 e. The van der Waals surface area contributed by atoms with Crippen LogP contribution in [-0.2, 0) is 13.1 Å². The van der Waals surface area contributed by atoms with Crippen molar-refractivity contribution in [3.63, 3.8) is 0 Å². The molecule has 0 bridgehead atoms. The summed E-state index contributed by atoms with van der Waals surface area (Å²) in [5.74, 6) is 0.683. The summed E-state index contributed by atoms with van der Waals surface area (Å²) in [6.07, 6.45) is 4.26. The van der Waals surface area contributed by atoms with Crippen molar-refractivity contribution in [1.29, 1.82) is 0 Å². The normalized spacial score (nSPS) is 15.0. The average Bonchev–Trinajstić information content (AvgIpc) is 3.67. The van der Waals surface area contributed by atoms with Gasteiger partial charge in [-0.3, -0.25) is 4.79 Å². The first-order valence-electron chi connectivity index (χ1n) is 12.9. The Balaban J connectivity index is 1.39. The summed E-state index contributed by atoms with van der Waals surface area (Å²) in [6, 6.07) is 20.5. The number of hydrogen-bond acceptors (Lipinski definition) is 6. The predicted molar refractivity (Wildman–Crippen MR) is 145 cm³/mol. The van der Waals surface area contributed by atoms with Gasteiger partial charge in [0.2, 0.25) is 0 Å². The van der Waals surface area contributed by atoms with Crippen molar-refractivity contribution in [2.75, 3.05) is 12.4 Å². The molecule has 0 unspecified atom stereocenters. The minimum atomic E-state index is -0.307. The number of phenols is 2. The summed E-state index contributed by atoms with van der Waals surface area (Å²) in [6.45, 7) is 0.930. The molecular weight excluding hydrogens is 480 g/mol. The van der Waals surface area contributed by atoms with Crippen LogP contribution in [0.15, 0.2) is 66.7 Å². The maximum Gasteiger partial charge on any atom is 0.260 e. The van der Waals surface area contributed by atoms with Gasteiger partial charge in [0.15, 0.2) is 0 Å². The van der Waals surface area contributed by atoms with Crippen molar-refractivity contribution in [1.82, 2.24) is 14.7 Å². The number of anilines is 2. The molecule has 8 nitrogen and oxygen atoms in total. The fourth-order valence-electron chi connectivity index (χ4n) is 5.61. The van der Waals surface area contributed by atoms with E-state index >= 15 is 0 Å². The van der Waals surface area contributed by atoms with Crippen molar-refractivity contribution >= 4 is 17.4 Å². The van der Waals surface area contributed by atoms with Crippen molar-refractivity contribution < 1.29 is 19.7 Å². The van der Waals surface area contributed by atoms with Crippen LogP contribution in [0.2, 0.25) is 0 Å². The van der Waals surface area contributed by atoms with E-state index in [1.54, 1.807) is 12.0 Å². The number of nitrogens with zero attached hydrogens (tertiary/aromatic N) is 3. The van der Waals surface area contributed by atoms with Crippen molar-refractivity contribution in [2.45, 2.75) is 44.8 Å². The zero-order chi connectivity index (χ0) is 26.2. The summed E-state index contributed by atoms with van der Waals surface area (Å²) >= 11 is 0. The lowest BCUT2D eigenvalue weighted by molar-refractivity contribution is 0.0749. The van der Waals surface area contributed by atoms with Gasteiger partial charge in [-0.15, -0.1) is 0 Å². The molecule has 3 aromatic carbocycles. The maximum atomic E-state index is 13.7. The Labute approximate surface area is 221 Å². The van der Waals surface area contributed by atoms with Crippen molar-refractivity contribution in [3.05, 3.63) is 83.4 Å². The van der Waals surface area contributed by atoms with Gasteiger partial charge in [-0.1, -0.05) is 49.2 Å². The number of nitrogens with one attached hydrogen (secondary N) is 1. The Morgan fingerprint density at radius 3 is 2.37 bits per heavy atom. The predicted octanol–water partition coefficient (Wildman–Crippen LogP) is 5.98. The molecule has 1 aliphatic carbocycles. The number of phenolic OH excluding ortho intramolecular Hbond substituents is 2. The van der Waals surface area contributed by atoms with Gasteiger partial charge in [0.05, 0.1) is 24.5 Å². The maximum absolute atomic E-state index is 13.7. The van der Waals surface area contributed by atoms with Gasteiger partial charge in [-0.05, 0) is 36.1 Å². The number of ether oxygens (including phenoxy) is 1. The van der Waals surface area contributed by atoms with Crippen LogP contribution in [0, 0.1) is 0 Å². The lowest BCUT2D eigenvalue weighted by Crippen LogP contribution is -2.26. The van der Waals surface area contributed by atoms with Crippen LogP contribution in [0.25, 0.3) is 11.3 Å². The Kier molecular flexibility index (Phi) is 6.15. The van der Waals surface area contributed by atoms with E-state index in [0.717, 1.165) is 53.8 Å². The summed E-state index contributed by atoms with van der Waals surface area (Å²) in [4.78, 5) is 15.4. The van der Waals surface area contributed by atoms with E-state index in [1.165, 1.54) is 12.1 Å². The Morgan fingerprint density at radius 2 is 1.66 bits per heavy atom. The number of hydrogen-bond donors (Lipinski definition) is 3. The SMILES string of the molecule is COc1ccccc1-c1cc(Nc2cc(O)cc(O)c2C(=O)N2Cc3ccccc3C2)n(C2CCCC2)n1. The second-order valence-electron chi connectivity index (χ2n) is 9.94. The van der Waals surface area contributed by atoms with Crippen LogP contribution in [0.1, 0.15) is 53.2 Å². The lowest BCUT2D eigenvalue weighted by Gasteiger charge is -2.21. The highest BCUT2D eigenvalue weighted by Gasteiger charge is 2.29. The average molecular weight is 511 g/mol. The molecule has 1 amide bonds. The molecule has 4 aromatic rings. The fourth-order valence-corrected chi connectivity index (χ4v) is 5.61. The van der Waals surface area contributed by atoms with Crippen LogP contribution in [0.3, 0.4) is 0 Å². The number of methoxy groups -OCH3 is 1. The second kappa shape index (κ2) is 9.78. The van der Waals surface area contributed by atoms with Crippen LogP contribution >= 0.6 is 0 Å². The second-order valence-corrected chi connectivity index (χ2v) is 9.94. The van der Waals surface area contributed by atoms with Gasteiger partial charge < -0.3 is 25.2 Å². The Bertz CT molecular complexity index is 1480. The minimum absolute atomic E-state index is 0.119. The van der Waals surface area contributed by atoms with E-state index in [-0.39, 0.29) is 29.0 Å². The molecule has 1 aromatic heterocycles. The molecule has 2 heterocycles. The molecule has 194 valence electrons. The minimum Gasteiger partial charge on any atom is -0.508 e. The van der Waals surface area contributed by atoms with Crippen LogP contribution < -0.4 is 10.1 Å². The number of amides is 1. The standard InChI is InChI=1S/C30H30N4O4/c1-38-27-13-7-6-12-23(27)24-16-28(34(32-24)21-10-4-5-11-21)31-25-14-22(35)15-26(36)29(25)30(37)33-17-19-8-2-3-9-20(19)18-33/h2-3,6-9,12-16,21,31,35-36H,4-5,10-11,17-18H2,1H3. The van der Waals surface area contributed by atoms with E-state index in [2.05, 4.69) is 5.32 Å². The monoisotopic (exact) mass is 510 g/mol. The lowest BCUT2D eigenvalue weighted by atomic mass is 10.1. The van der Waals surface area contributed by atoms with Crippen LogP contribution in [0.4, 0.5) is 11.5 Å².